The molecule has 0 unspecified atom stereocenters. The number of amides is 3. The highest BCUT2D eigenvalue weighted by Gasteiger charge is 2.17. The predicted octanol–water partition coefficient (Wildman–Crippen LogP) is 1.95. The van der Waals surface area contributed by atoms with Crippen molar-refractivity contribution in [2.45, 2.75) is 6.42 Å². The standard InChI is InChI=1S/C20H22ClN3O6/c1-28-15-10-12(11-16(29-2)18(15)30-3)19(26)24-23-17(25)8-9-22-20(27)13-6-4-5-7-14(13)21/h4-7,10-11H,8-9H2,1-3H3,(H,22,27)(H,23,25)(H,24,26). The Morgan fingerprint density at radius 1 is 0.900 bits per heavy atom. The number of nitrogens with one attached hydrogen (secondary N) is 3. The molecule has 9 nitrogen and oxygen atoms in total. The number of carbonyl (C=O) groups excluding carboxylic acids is 3. The molecule has 160 valence electrons. The predicted molar refractivity (Wildman–Crippen MR) is 110 cm³/mol. The summed E-state index contributed by atoms with van der Waals surface area (Å²) in [5.74, 6) is -0.520. The number of hydrogen-bond acceptors (Lipinski definition) is 6. The van der Waals surface area contributed by atoms with Crippen molar-refractivity contribution in [2.75, 3.05) is 27.9 Å². The molecule has 0 aliphatic carbocycles. The van der Waals surface area contributed by atoms with Gasteiger partial charge in [-0.25, -0.2) is 0 Å². The molecule has 0 spiro atoms. The van der Waals surface area contributed by atoms with Gasteiger partial charge in [-0.1, -0.05) is 23.7 Å². The highest BCUT2D eigenvalue weighted by Crippen LogP contribution is 2.38. The van der Waals surface area contributed by atoms with Crippen LogP contribution in [0.4, 0.5) is 0 Å². The lowest BCUT2D eigenvalue weighted by atomic mass is 10.1. The fourth-order valence-electron chi connectivity index (χ4n) is 2.50. The fraction of sp³-hybridized carbons (Fsp3) is 0.250. The molecule has 0 aliphatic rings. The van der Waals surface area contributed by atoms with Crippen LogP contribution in [0.3, 0.4) is 0 Å². The lowest BCUT2D eigenvalue weighted by Gasteiger charge is -2.14. The molecule has 3 N–H and O–H groups in total. The van der Waals surface area contributed by atoms with Gasteiger partial charge in [-0.2, -0.15) is 0 Å². The Bertz CT molecular complexity index is 910. The number of benzene rings is 2. The van der Waals surface area contributed by atoms with Crippen molar-refractivity contribution in [2.24, 2.45) is 0 Å². The minimum Gasteiger partial charge on any atom is -0.493 e. The highest BCUT2D eigenvalue weighted by molar-refractivity contribution is 6.33. The minimum atomic E-state index is -0.581. The summed E-state index contributed by atoms with van der Waals surface area (Å²) < 4.78 is 15.6. The van der Waals surface area contributed by atoms with Crippen LogP contribution in [0, 0.1) is 0 Å². The fourth-order valence-corrected chi connectivity index (χ4v) is 2.73. The topological polar surface area (TPSA) is 115 Å². The van der Waals surface area contributed by atoms with Crippen LogP contribution >= 0.6 is 11.6 Å². The zero-order chi connectivity index (χ0) is 22.1. The SMILES string of the molecule is COc1cc(C(=O)NNC(=O)CCNC(=O)c2ccccc2Cl)cc(OC)c1OC. The number of halogens is 1. The van der Waals surface area contributed by atoms with E-state index < -0.39 is 17.7 Å². The number of carbonyl (C=O) groups is 3. The first-order valence-corrected chi connectivity index (χ1v) is 9.21. The average Bonchev–Trinajstić information content (AvgIpc) is 2.76. The number of hydrazine groups is 1. The van der Waals surface area contributed by atoms with Crippen molar-refractivity contribution in [3.63, 3.8) is 0 Å². The summed E-state index contributed by atoms with van der Waals surface area (Å²) in [6.45, 7) is 0.0654. The maximum Gasteiger partial charge on any atom is 0.269 e. The molecular weight excluding hydrogens is 414 g/mol. The molecule has 2 aromatic rings. The Morgan fingerprint density at radius 3 is 2.10 bits per heavy atom. The smallest absolute Gasteiger partial charge is 0.269 e. The second kappa shape index (κ2) is 10.9. The normalized spacial score (nSPS) is 10.0. The third-order valence-corrected chi connectivity index (χ3v) is 4.33. The van der Waals surface area contributed by atoms with Gasteiger partial charge in [0.2, 0.25) is 11.7 Å². The molecule has 0 bridgehead atoms. The summed E-state index contributed by atoms with van der Waals surface area (Å²) in [7, 11) is 4.31. The Morgan fingerprint density at radius 2 is 1.53 bits per heavy atom. The quantitative estimate of drug-likeness (QED) is 0.546. The molecule has 0 fully saturated rings. The van der Waals surface area contributed by atoms with Gasteiger partial charge in [0.1, 0.15) is 0 Å². The monoisotopic (exact) mass is 435 g/mol. The molecule has 30 heavy (non-hydrogen) atoms. The molecule has 0 aromatic heterocycles. The van der Waals surface area contributed by atoms with Gasteiger partial charge in [-0.3, -0.25) is 25.2 Å². The summed E-state index contributed by atoms with van der Waals surface area (Å²) in [4.78, 5) is 36.3. The molecule has 0 heterocycles. The van der Waals surface area contributed by atoms with Crippen molar-refractivity contribution in [1.82, 2.24) is 16.2 Å². The van der Waals surface area contributed by atoms with Gasteiger partial charge in [0.15, 0.2) is 11.5 Å². The van der Waals surface area contributed by atoms with Crippen LogP contribution in [-0.4, -0.2) is 45.6 Å². The van der Waals surface area contributed by atoms with Crippen molar-refractivity contribution >= 4 is 29.3 Å². The lowest BCUT2D eigenvalue weighted by molar-refractivity contribution is -0.121. The van der Waals surface area contributed by atoms with Crippen LogP contribution in [0.1, 0.15) is 27.1 Å². The number of rotatable bonds is 8. The van der Waals surface area contributed by atoms with Crippen LogP contribution in [-0.2, 0) is 4.79 Å². The van der Waals surface area contributed by atoms with Crippen molar-refractivity contribution in [1.29, 1.82) is 0 Å². The first kappa shape index (κ1) is 22.8. The van der Waals surface area contributed by atoms with E-state index in [1.807, 2.05) is 0 Å². The van der Waals surface area contributed by atoms with E-state index in [1.54, 1.807) is 24.3 Å². The van der Waals surface area contributed by atoms with E-state index in [0.29, 0.717) is 27.8 Å². The van der Waals surface area contributed by atoms with E-state index in [9.17, 15) is 14.4 Å². The van der Waals surface area contributed by atoms with Gasteiger partial charge in [0, 0.05) is 18.5 Å². The largest absolute Gasteiger partial charge is 0.493 e. The lowest BCUT2D eigenvalue weighted by Crippen LogP contribution is -2.42. The maximum atomic E-state index is 12.3. The van der Waals surface area contributed by atoms with Crippen LogP contribution in [0.15, 0.2) is 36.4 Å². The molecule has 0 saturated carbocycles. The van der Waals surface area contributed by atoms with Crippen LogP contribution < -0.4 is 30.4 Å². The molecule has 0 atom stereocenters. The summed E-state index contributed by atoms with van der Waals surface area (Å²) in [6.07, 6.45) is -0.0499. The van der Waals surface area contributed by atoms with Gasteiger partial charge < -0.3 is 19.5 Å². The molecule has 2 rings (SSSR count). The summed E-state index contributed by atoms with van der Waals surface area (Å²) in [6, 6.07) is 9.48. The molecule has 0 radical (unpaired) electrons. The molecule has 0 saturated heterocycles. The van der Waals surface area contributed by atoms with Gasteiger partial charge in [0.25, 0.3) is 11.8 Å². The Balaban J connectivity index is 1.87. The zero-order valence-electron chi connectivity index (χ0n) is 16.7. The molecule has 3 amide bonds. The van der Waals surface area contributed by atoms with Gasteiger partial charge in [0.05, 0.1) is 31.9 Å². The number of methoxy groups -OCH3 is 3. The first-order chi connectivity index (χ1) is 14.4. The van der Waals surface area contributed by atoms with E-state index in [4.69, 9.17) is 25.8 Å². The Kier molecular flexibility index (Phi) is 8.30. The maximum absolute atomic E-state index is 12.3. The van der Waals surface area contributed by atoms with Crippen molar-refractivity contribution in [3.05, 3.63) is 52.5 Å². The summed E-state index contributed by atoms with van der Waals surface area (Å²) in [5, 5.41) is 2.91. The van der Waals surface area contributed by atoms with Crippen molar-refractivity contribution < 1.29 is 28.6 Å². The third kappa shape index (κ3) is 5.77. The molecule has 10 heteroatoms. The second-order valence-electron chi connectivity index (χ2n) is 5.90. The Hall–Kier alpha value is -3.46. The minimum absolute atomic E-state index is 0.0499. The first-order valence-electron chi connectivity index (χ1n) is 8.83. The average molecular weight is 436 g/mol. The van der Waals surface area contributed by atoms with Crippen LogP contribution in [0.5, 0.6) is 17.2 Å². The highest BCUT2D eigenvalue weighted by atomic mass is 35.5. The Labute approximate surface area is 178 Å². The van der Waals surface area contributed by atoms with E-state index in [1.165, 1.54) is 33.5 Å². The van der Waals surface area contributed by atoms with Crippen molar-refractivity contribution in [3.8, 4) is 17.2 Å². The van der Waals surface area contributed by atoms with Crippen LogP contribution in [0.2, 0.25) is 5.02 Å². The summed E-state index contributed by atoms with van der Waals surface area (Å²) in [5.41, 5.74) is 5.08. The van der Waals surface area contributed by atoms with Gasteiger partial charge in [-0.15, -0.1) is 0 Å². The summed E-state index contributed by atoms with van der Waals surface area (Å²) >= 11 is 5.95. The zero-order valence-corrected chi connectivity index (χ0v) is 17.5. The van der Waals surface area contributed by atoms with Gasteiger partial charge in [-0.05, 0) is 24.3 Å². The van der Waals surface area contributed by atoms with Crippen LogP contribution in [0.25, 0.3) is 0 Å². The molecule has 0 aliphatic heterocycles. The van der Waals surface area contributed by atoms with E-state index in [2.05, 4.69) is 16.2 Å². The number of hydrogen-bond donors (Lipinski definition) is 3. The molecule has 2 aromatic carbocycles. The molecular formula is C20H22ClN3O6. The van der Waals surface area contributed by atoms with E-state index in [-0.39, 0.29) is 18.5 Å². The second-order valence-corrected chi connectivity index (χ2v) is 6.31. The third-order valence-electron chi connectivity index (χ3n) is 4.00. The number of ether oxygens (including phenoxy) is 3. The van der Waals surface area contributed by atoms with E-state index >= 15 is 0 Å². The van der Waals surface area contributed by atoms with E-state index in [0.717, 1.165) is 0 Å². The van der Waals surface area contributed by atoms with Gasteiger partial charge >= 0.3 is 0 Å².